The summed E-state index contributed by atoms with van der Waals surface area (Å²) in [5.41, 5.74) is 10.2. The van der Waals surface area contributed by atoms with Crippen molar-refractivity contribution in [3.63, 3.8) is 0 Å². The normalized spacial score (nSPS) is 12.9. The Morgan fingerprint density at radius 2 is 1.95 bits per heavy atom. The van der Waals surface area contributed by atoms with Gasteiger partial charge >= 0.3 is 0 Å². The van der Waals surface area contributed by atoms with E-state index in [4.69, 9.17) is 10.8 Å². The number of nitrogens with two attached hydrogens (primary N) is 1. The summed E-state index contributed by atoms with van der Waals surface area (Å²) in [7, 11) is 0. The molecule has 0 spiro atoms. The van der Waals surface area contributed by atoms with Crippen molar-refractivity contribution in [1.29, 1.82) is 0 Å². The van der Waals surface area contributed by atoms with E-state index in [0.717, 1.165) is 38.0 Å². The van der Waals surface area contributed by atoms with E-state index in [2.05, 4.69) is 32.4 Å². The molecule has 4 heteroatoms. The zero-order valence-electron chi connectivity index (χ0n) is 12.9. The van der Waals surface area contributed by atoms with Crippen LogP contribution in [0.4, 0.5) is 0 Å². The van der Waals surface area contributed by atoms with Gasteiger partial charge in [-0.25, -0.2) is 0 Å². The van der Waals surface area contributed by atoms with Gasteiger partial charge in [-0.2, -0.15) is 16.9 Å². The summed E-state index contributed by atoms with van der Waals surface area (Å²) >= 11 is 1.98. The molecule has 0 aliphatic rings. The molecule has 110 valence electrons. The van der Waals surface area contributed by atoms with Gasteiger partial charge in [-0.05, 0) is 37.0 Å². The lowest BCUT2D eigenvalue weighted by atomic mass is 10.00. The predicted molar refractivity (Wildman–Crippen MR) is 86.0 cm³/mol. The van der Waals surface area contributed by atoms with E-state index in [1.807, 2.05) is 11.8 Å². The van der Waals surface area contributed by atoms with Crippen LogP contribution in [0.25, 0.3) is 0 Å². The largest absolute Gasteiger partial charge is 0.327 e. The van der Waals surface area contributed by atoms with E-state index in [9.17, 15) is 0 Å². The first-order chi connectivity index (χ1) is 9.17. The number of hydrogen-bond acceptors (Lipinski definition) is 3. The summed E-state index contributed by atoms with van der Waals surface area (Å²) in [5, 5.41) is 4.81. The zero-order valence-corrected chi connectivity index (χ0v) is 13.7. The average molecular weight is 283 g/mol. The van der Waals surface area contributed by atoms with Crippen molar-refractivity contribution in [3.8, 4) is 0 Å². The molecule has 1 aromatic heterocycles. The molecule has 1 rings (SSSR count). The van der Waals surface area contributed by atoms with E-state index < -0.39 is 0 Å². The molecular weight excluding hydrogens is 254 g/mol. The van der Waals surface area contributed by atoms with Gasteiger partial charge in [0.25, 0.3) is 0 Å². The first-order valence-corrected chi connectivity index (χ1v) is 8.73. The molecule has 0 saturated heterocycles. The second-order valence-electron chi connectivity index (χ2n) is 4.87. The number of aryl methyl sites for hydroxylation is 2. The molecule has 1 atom stereocenters. The van der Waals surface area contributed by atoms with Crippen molar-refractivity contribution in [2.24, 2.45) is 5.73 Å². The van der Waals surface area contributed by atoms with Crippen LogP contribution in [0.1, 0.15) is 51.1 Å². The number of hydrogen-bond donors (Lipinski definition) is 1. The molecule has 0 radical (unpaired) electrons. The molecule has 0 aliphatic heterocycles. The highest BCUT2D eigenvalue weighted by Crippen LogP contribution is 2.19. The Kier molecular flexibility index (Phi) is 7.54. The van der Waals surface area contributed by atoms with Gasteiger partial charge in [-0.3, -0.25) is 4.68 Å². The monoisotopic (exact) mass is 283 g/mol. The molecule has 2 N–H and O–H groups in total. The van der Waals surface area contributed by atoms with Gasteiger partial charge in [0.05, 0.1) is 12.2 Å². The topological polar surface area (TPSA) is 43.8 Å². The van der Waals surface area contributed by atoms with E-state index in [0.29, 0.717) is 0 Å². The molecule has 0 bridgehead atoms. The van der Waals surface area contributed by atoms with Gasteiger partial charge in [0.2, 0.25) is 0 Å². The van der Waals surface area contributed by atoms with E-state index in [1.54, 1.807) is 0 Å². The molecule has 0 fully saturated rings. The molecule has 1 unspecified atom stereocenters. The first-order valence-electron chi connectivity index (χ1n) is 7.58. The summed E-state index contributed by atoms with van der Waals surface area (Å²) in [5.74, 6) is 2.32. The van der Waals surface area contributed by atoms with Gasteiger partial charge in [0.1, 0.15) is 0 Å². The maximum Gasteiger partial charge on any atom is 0.0657 e. The fourth-order valence-electron chi connectivity index (χ4n) is 2.39. The maximum absolute atomic E-state index is 6.14. The minimum absolute atomic E-state index is 0.262. The van der Waals surface area contributed by atoms with Crippen molar-refractivity contribution < 1.29 is 0 Å². The number of thioether (sulfide) groups is 1. The lowest BCUT2D eigenvalue weighted by Gasteiger charge is -2.11. The van der Waals surface area contributed by atoms with Crippen molar-refractivity contribution in [1.82, 2.24) is 9.78 Å². The highest BCUT2D eigenvalue weighted by atomic mass is 32.2. The van der Waals surface area contributed by atoms with Crippen LogP contribution in [0.5, 0.6) is 0 Å². The van der Waals surface area contributed by atoms with Crippen LogP contribution in [-0.4, -0.2) is 27.3 Å². The Labute approximate surface area is 122 Å². The van der Waals surface area contributed by atoms with Gasteiger partial charge in [0.15, 0.2) is 0 Å². The zero-order chi connectivity index (χ0) is 14.3. The van der Waals surface area contributed by atoms with Crippen LogP contribution in [0.2, 0.25) is 0 Å². The Bertz CT molecular complexity index is 374. The Hall–Kier alpha value is -0.480. The lowest BCUT2D eigenvalue weighted by molar-refractivity contribution is 0.615. The van der Waals surface area contributed by atoms with Crippen molar-refractivity contribution in [2.75, 3.05) is 11.5 Å². The van der Waals surface area contributed by atoms with Crippen molar-refractivity contribution >= 4 is 11.8 Å². The van der Waals surface area contributed by atoms with Gasteiger partial charge < -0.3 is 5.73 Å². The molecule has 0 aromatic carbocycles. The Morgan fingerprint density at radius 3 is 2.47 bits per heavy atom. The molecule has 1 heterocycles. The van der Waals surface area contributed by atoms with E-state index in [-0.39, 0.29) is 6.04 Å². The summed E-state index contributed by atoms with van der Waals surface area (Å²) in [6, 6.07) is 0.262. The second-order valence-corrected chi connectivity index (χ2v) is 6.27. The average Bonchev–Trinajstić information content (AvgIpc) is 2.76. The molecule has 0 saturated carbocycles. The van der Waals surface area contributed by atoms with Gasteiger partial charge in [0, 0.05) is 17.5 Å². The molecule has 0 amide bonds. The fourth-order valence-corrected chi connectivity index (χ4v) is 2.98. The lowest BCUT2D eigenvalue weighted by Crippen LogP contribution is -2.22. The standard InChI is InChI=1S/C15H29N3S/c1-5-12(16)11-13-14(6-2)17-18(15(13)7-3)9-10-19-8-4/h12H,5-11,16H2,1-4H3. The van der Waals surface area contributed by atoms with Crippen LogP contribution in [-0.2, 0) is 25.8 Å². The highest BCUT2D eigenvalue weighted by molar-refractivity contribution is 7.99. The number of rotatable bonds is 9. The van der Waals surface area contributed by atoms with E-state index >= 15 is 0 Å². The van der Waals surface area contributed by atoms with Gasteiger partial charge in [-0.1, -0.05) is 27.7 Å². The van der Waals surface area contributed by atoms with Crippen LogP contribution in [0.3, 0.4) is 0 Å². The highest BCUT2D eigenvalue weighted by Gasteiger charge is 2.17. The van der Waals surface area contributed by atoms with Crippen molar-refractivity contribution in [2.45, 2.75) is 66.0 Å². The summed E-state index contributed by atoms with van der Waals surface area (Å²) < 4.78 is 2.22. The van der Waals surface area contributed by atoms with Crippen LogP contribution in [0.15, 0.2) is 0 Å². The van der Waals surface area contributed by atoms with Crippen molar-refractivity contribution in [3.05, 3.63) is 17.0 Å². The SMILES string of the molecule is CCSCCn1nc(CC)c(CC(N)CC)c1CC. The summed E-state index contributed by atoms with van der Waals surface area (Å²) in [4.78, 5) is 0. The molecule has 0 aliphatic carbocycles. The first kappa shape index (κ1) is 16.6. The molecule has 19 heavy (non-hydrogen) atoms. The Balaban J connectivity index is 2.92. The molecule has 3 nitrogen and oxygen atoms in total. The quantitative estimate of drug-likeness (QED) is 0.708. The molecular formula is C15H29N3S. The third-order valence-corrected chi connectivity index (χ3v) is 4.44. The maximum atomic E-state index is 6.14. The number of aromatic nitrogens is 2. The predicted octanol–water partition coefficient (Wildman–Crippen LogP) is 3.04. The fraction of sp³-hybridized carbons (Fsp3) is 0.800. The Morgan fingerprint density at radius 1 is 1.21 bits per heavy atom. The van der Waals surface area contributed by atoms with Crippen LogP contribution in [0, 0.1) is 0 Å². The third kappa shape index (κ3) is 4.53. The van der Waals surface area contributed by atoms with Gasteiger partial charge in [-0.15, -0.1) is 0 Å². The minimum atomic E-state index is 0.262. The summed E-state index contributed by atoms with van der Waals surface area (Å²) in [6.07, 6.45) is 4.06. The van der Waals surface area contributed by atoms with Crippen LogP contribution < -0.4 is 5.73 Å². The number of nitrogens with zero attached hydrogens (tertiary/aromatic N) is 2. The second kappa shape index (κ2) is 8.64. The minimum Gasteiger partial charge on any atom is -0.327 e. The third-order valence-electron chi connectivity index (χ3n) is 3.56. The molecule has 1 aromatic rings. The van der Waals surface area contributed by atoms with Crippen LogP contribution >= 0.6 is 11.8 Å². The van der Waals surface area contributed by atoms with E-state index in [1.165, 1.54) is 22.7 Å². The summed E-state index contributed by atoms with van der Waals surface area (Å²) in [6.45, 7) is 9.80. The smallest absolute Gasteiger partial charge is 0.0657 e.